The van der Waals surface area contributed by atoms with Crippen molar-refractivity contribution in [3.05, 3.63) is 29.3 Å². The van der Waals surface area contributed by atoms with E-state index in [1.165, 1.54) is 7.11 Å². The zero-order chi connectivity index (χ0) is 16.1. The quantitative estimate of drug-likeness (QED) is 0.902. The average Bonchev–Trinajstić information content (AvgIpc) is 2.40. The average molecular weight is 332 g/mol. The lowest BCUT2D eigenvalue weighted by atomic mass is 9.80. The number of benzene rings is 1. The van der Waals surface area contributed by atoms with Crippen LogP contribution in [-0.4, -0.2) is 31.1 Å². The minimum absolute atomic E-state index is 0.000648. The van der Waals surface area contributed by atoms with E-state index in [0.717, 1.165) is 12.5 Å². The number of fused-ring (bicyclic) bond motifs is 2. The molecule has 1 N–H and O–H groups in total. The number of methoxy groups -OCH3 is 1. The molecule has 0 saturated carbocycles. The first-order valence-electron chi connectivity index (χ1n) is 7.26. The fourth-order valence-electron chi connectivity index (χ4n) is 3.78. The largest absolute Gasteiger partial charge is 0.493 e. The molecule has 3 rings (SSSR count). The summed E-state index contributed by atoms with van der Waals surface area (Å²) in [6.45, 7) is 0. The Labute approximate surface area is 128 Å². The molecule has 4 nitrogen and oxygen atoms in total. The first-order chi connectivity index (χ1) is 10.3. The summed E-state index contributed by atoms with van der Waals surface area (Å²) in [7, 11) is -2.03. The number of hydrogen-bond acceptors (Lipinski definition) is 4. The molecule has 0 aliphatic carbocycles. The molecule has 2 aliphatic heterocycles. The number of sulfone groups is 1. The summed E-state index contributed by atoms with van der Waals surface area (Å²) in [6, 6.07) is 1.72. The van der Waals surface area contributed by atoms with Gasteiger partial charge in [-0.05, 0) is 31.7 Å². The van der Waals surface area contributed by atoms with Gasteiger partial charge in [0.1, 0.15) is 5.82 Å². The zero-order valence-corrected chi connectivity index (χ0v) is 13.0. The van der Waals surface area contributed by atoms with Crippen molar-refractivity contribution in [3.8, 4) is 5.75 Å². The molecular weight excluding hydrogens is 314 g/mol. The van der Waals surface area contributed by atoms with Crippen molar-refractivity contribution in [3.63, 3.8) is 0 Å². The van der Waals surface area contributed by atoms with Gasteiger partial charge in [-0.1, -0.05) is 6.42 Å². The molecule has 0 spiro atoms. The molecule has 2 fully saturated rings. The first-order valence-corrected chi connectivity index (χ1v) is 8.87. The Kier molecular flexibility index (Phi) is 3.68. The van der Waals surface area contributed by atoms with Crippen molar-refractivity contribution < 1.29 is 27.0 Å². The Morgan fingerprint density at radius 3 is 2.36 bits per heavy atom. The number of hydrogen-bond donors (Lipinski definition) is 1. The van der Waals surface area contributed by atoms with Gasteiger partial charge >= 0.3 is 0 Å². The molecule has 2 heterocycles. The summed E-state index contributed by atoms with van der Waals surface area (Å²) in [5.74, 6) is -1.94. The third-order valence-corrected chi connectivity index (χ3v) is 7.49. The van der Waals surface area contributed by atoms with Gasteiger partial charge in [-0.3, -0.25) is 0 Å². The van der Waals surface area contributed by atoms with E-state index in [4.69, 9.17) is 4.74 Å². The number of ether oxygens (including phenoxy) is 1. The molecular formula is C15H18F2O4S. The molecule has 2 aliphatic rings. The number of aliphatic hydroxyl groups is 1. The summed E-state index contributed by atoms with van der Waals surface area (Å²) in [5, 5.41) is 9.63. The van der Waals surface area contributed by atoms with Gasteiger partial charge in [0.15, 0.2) is 21.4 Å². The van der Waals surface area contributed by atoms with Crippen molar-refractivity contribution in [1.29, 1.82) is 0 Å². The van der Waals surface area contributed by atoms with Gasteiger partial charge < -0.3 is 9.84 Å². The van der Waals surface area contributed by atoms with Gasteiger partial charge in [0.05, 0.1) is 23.2 Å². The molecule has 22 heavy (non-hydrogen) atoms. The van der Waals surface area contributed by atoms with Gasteiger partial charge in [0, 0.05) is 11.6 Å². The molecule has 2 saturated heterocycles. The Hall–Kier alpha value is -1.21. The van der Waals surface area contributed by atoms with Crippen molar-refractivity contribution in [2.75, 3.05) is 7.11 Å². The second-order valence-electron chi connectivity index (χ2n) is 6.17. The highest BCUT2D eigenvalue weighted by Gasteiger charge is 2.52. The summed E-state index contributed by atoms with van der Waals surface area (Å²) in [6.07, 6.45) is 1.64. The van der Waals surface area contributed by atoms with Gasteiger partial charge in [-0.2, -0.15) is 0 Å². The Morgan fingerprint density at radius 1 is 1.23 bits per heavy atom. The maximum atomic E-state index is 13.9. The number of halogens is 2. The summed E-state index contributed by atoms with van der Waals surface area (Å²) in [4.78, 5) is 0. The maximum Gasteiger partial charge on any atom is 0.168 e. The predicted molar refractivity (Wildman–Crippen MR) is 76.4 cm³/mol. The van der Waals surface area contributed by atoms with Crippen LogP contribution in [0, 0.1) is 11.6 Å². The predicted octanol–water partition coefficient (Wildman–Crippen LogP) is 2.29. The summed E-state index contributed by atoms with van der Waals surface area (Å²) >= 11 is 0. The van der Waals surface area contributed by atoms with E-state index in [1.54, 1.807) is 0 Å². The highest BCUT2D eigenvalue weighted by atomic mass is 32.2. The Balaban J connectivity index is 2.09. The lowest BCUT2D eigenvalue weighted by Crippen LogP contribution is -2.50. The molecule has 0 radical (unpaired) electrons. The van der Waals surface area contributed by atoms with Crippen LogP contribution >= 0.6 is 0 Å². The van der Waals surface area contributed by atoms with Crippen LogP contribution < -0.4 is 4.74 Å². The fourth-order valence-corrected chi connectivity index (χ4v) is 6.33. The third kappa shape index (κ3) is 2.31. The fraction of sp³-hybridized carbons (Fsp3) is 0.600. The van der Waals surface area contributed by atoms with Crippen LogP contribution in [-0.2, 0) is 15.4 Å². The van der Waals surface area contributed by atoms with Crippen LogP contribution in [0.2, 0.25) is 0 Å². The topological polar surface area (TPSA) is 63.6 Å². The highest BCUT2D eigenvalue weighted by molar-refractivity contribution is 7.92. The summed E-state index contributed by atoms with van der Waals surface area (Å²) in [5.41, 5.74) is -1.59. The highest BCUT2D eigenvalue weighted by Crippen LogP contribution is 2.48. The van der Waals surface area contributed by atoms with Crippen LogP contribution in [0.5, 0.6) is 5.75 Å². The smallest absolute Gasteiger partial charge is 0.168 e. The lowest BCUT2D eigenvalue weighted by molar-refractivity contribution is 0.00228. The van der Waals surface area contributed by atoms with E-state index < -0.39 is 37.6 Å². The van der Waals surface area contributed by atoms with Crippen LogP contribution in [0.15, 0.2) is 12.1 Å². The van der Waals surface area contributed by atoms with Gasteiger partial charge in [0.2, 0.25) is 0 Å². The third-order valence-electron chi connectivity index (χ3n) is 4.83. The van der Waals surface area contributed by atoms with Crippen molar-refractivity contribution in [1.82, 2.24) is 0 Å². The van der Waals surface area contributed by atoms with Crippen LogP contribution in [0.25, 0.3) is 0 Å². The molecule has 0 amide bonds. The maximum absolute atomic E-state index is 13.9. The van der Waals surface area contributed by atoms with Crippen molar-refractivity contribution >= 4 is 9.84 Å². The lowest BCUT2D eigenvalue weighted by Gasteiger charge is -2.44. The monoisotopic (exact) mass is 332 g/mol. The van der Waals surface area contributed by atoms with E-state index >= 15 is 0 Å². The minimum atomic E-state index is -3.27. The molecule has 0 aromatic heterocycles. The van der Waals surface area contributed by atoms with E-state index in [1.807, 2.05) is 0 Å². The van der Waals surface area contributed by atoms with Gasteiger partial charge in [-0.15, -0.1) is 0 Å². The second kappa shape index (κ2) is 5.16. The normalized spacial score (nSPS) is 33.5. The van der Waals surface area contributed by atoms with Gasteiger partial charge in [-0.25, -0.2) is 17.2 Å². The molecule has 1 aromatic carbocycles. The molecule has 2 atom stereocenters. The van der Waals surface area contributed by atoms with E-state index in [-0.39, 0.29) is 24.2 Å². The molecule has 122 valence electrons. The minimum Gasteiger partial charge on any atom is -0.493 e. The second-order valence-corrected chi connectivity index (χ2v) is 8.68. The molecule has 7 heteroatoms. The van der Waals surface area contributed by atoms with Crippen LogP contribution in [0.3, 0.4) is 0 Å². The van der Waals surface area contributed by atoms with E-state index in [0.29, 0.717) is 18.9 Å². The van der Waals surface area contributed by atoms with Crippen molar-refractivity contribution in [2.24, 2.45) is 0 Å². The Bertz CT molecular complexity index is 682. The Morgan fingerprint density at radius 2 is 1.82 bits per heavy atom. The van der Waals surface area contributed by atoms with Crippen LogP contribution in [0.1, 0.15) is 37.7 Å². The van der Waals surface area contributed by atoms with Gasteiger partial charge in [0.25, 0.3) is 0 Å². The summed E-state index contributed by atoms with van der Waals surface area (Å²) < 4.78 is 57.1. The van der Waals surface area contributed by atoms with Crippen molar-refractivity contribution in [2.45, 2.75) is 48.2 Å². The SMILES string of the molecule is COc1c(F)cc(F)cc1C1(O)CC2CCCC(C1)S2(=O)=O. The van der Waals surface area contributed by atoms with Crippen LogP contribution in [0.4, 0.5) is 8.78 Å². The standard InChI is InChI=1S/C15H18F2O4S/c1-21-14-12(5-9(16)6-13(14)17)15(18)7-10-3-2-4-11(8-15)22(10,19)20/h5-6,10-11,18H,2-4,7-8H2,1H3. The zero-order valence-electron chi connectivity index (χ0n) is 12.2. The van der Waals surface area contributed by atoms with E-state index in [2.05, 4.69) is 0 Å². The number of rotatable bonds is 2. The first kappa shape index (κ1) is 15.7. The molecule has 2 unspecified atom stereocenters. The molecule has 1 aromatic rings. The molecule has 2 bridgehead atoms. The van der Waals surface area contributed by atoms with E-state index in [9.17, 15) is 22.3 Å².